The van der Waals surface area contributed by atoms with E-state index in [0.717, 1.165) is 11.1 Å². The number of carbonyl (C=O) groups is 5. The van der Waals surface area contributed by atoms with Gasteiger partial charge in [-0.1, -0.05) is 80.6 Å². The van der Waals surface area contributed by atoms with Crippen molar-refractivity contribution in [2.45, 2.75) is 71.2 Å². The molecule has 11 nitrogen and oxygen atoms in total. The van der Waals surface area contributed by atoms with Crippen LogP contribution in [0.25, 0.3) is 0 Å². The second kappa shape index (κ2) is 18.7. The summed E-state index contributed by atoms with van der Waals surface area (Å²) in [6.45, 7) is 5.69. The largest absolute Gasteiger partial charge is 0.463 e. The van der Waals surface area contributed by atoms with E-state index in [4.69, 9.17) is 15.2 Å². The summed E-state index contributed by atoms with van der Waals surface area (Å²) in [6.07, 6.45) is 2.37. The van der Waals surface area contributed by atoms with E-state index in [-0.39, 0.29) is 38.4 Å². The maximum Gasteiger partial charge on any atom is 0.408 e. The van der Waals surface area contributed by atoms with Crippen molar-refractivity contribution < 1.29 is 33.4 Å². The third-order valence-electron chi connectivity index (χ3n) is 6.22. The molecule has 0 bridgehead atoms. The van der Waals surface area contributed by atoms with Crippen LogP contribution in [0, 0.1) is 5.92 Å². The molecular formula is C32H42N4O7. The minimum atomic E-state index is -1.04. The molecule has 11 heteroatoms. The summed E-state index contributed by atoms with van der Waals surface area (Å²) in [4.78, 5) is 62.9. The predicted molar refractivity (Wildman–Crippen MR) is 161 cm³/mol. The maximum absolute atomic E-state index is 13.5. The molecule has 0 heterocycles. The molecule has 0 aliphatic carbocycles. The summed E-state index contributed by atoms with van der Waals surface area (Å²) in [5.41, 5.74) is 6.88. The number of primary amides is 1. The summed E-state index contributed by atoms with van der Waals surface area (Å²) in [6, 6.07) is 15.5. The van der Waals surface area contributed by atoms with Gasteiger partial charge in [-0.25, -0.2) is 9.59 Å². The van der Waals surface area contributed by atoms with E-state index in [9.17, 15) is 24.0 Å². The molecule has 43 heavy (non-hydrogen) atoms. The smallest absolute Gasteiger partial charge is 0.408 e. The first-order chi connectivity index (χ1) is 20.6. The van der Waals surface area contributed by atoms with Gasteiger partial charge in [-0.3, -0.25) is 14.4 Å². The van der Waals surface area contributed by atoms with Gasteiger partial charge in [0.05, 0.1) is 6.61 Å². The first kappa shape index (κ1) is 34.5. The predicted octanol–water partition coefficient (Wildman–Crippen LogP) is 2.92. The van der Waals surface area contributed by atoms with Gasteiger partial charge in [0, 0.05) is 25.0 Å². The highest BCUT2D eigenvalue weighted by Crippen LogP contribution is 2.10. The summed E-state index contributed by atoms with van der Waals surface area (Å²) in [5, 5.41) is 8.19. The molecule has 0 saturated heterocycles. The van der Waals surface area contributed by atoms with Crippen LogP contribution in [-0.2, 0) is 41.7 Å². The lowest BCUT2D eigenvalue weighted by Crippen LogP contribution is -2.55. The SMILES string of the molecule is CCOC(=O)/C=C/[C@H](CCC(N)=O)NC(=O)[C@H](Cc1ccccc1)NC(=O)[C@H](CC(C)C)NC(=O)OCc1ccccc1. The average Bonchev–Trinajstić information content (AvgIpc) is 2.97. The van der Waals surface area contributed by atoms with Crippen LogP contribution in [0.15, 0.2) is 72.8 Å². The number of ether oxygens (including phenoxy) is 2. The highest BCUT2D eigenvalue weighted by atomic mass is 16.5. The van der Waals surface area contributed by atoms with Gasteiger partial charge in [0.2, 0.25) is 17.7 Å². The van der Waals surface area contributed by atoms with Gasteiger partial charge in [-0.2, -0.15) is 0 Å². The van der Waals surface area contributed by atoms with Gasteiger partial charge in [0.15, 0.2) is 0 Å². The van der Waals surface area contributed by atoms with Crippen molar-refractivity contribution >= 4 is 29.8 Å². The van der Waals surface area contributed by atoms with Crippen LogP contribution in [-0.4, -0.2) is 54.5 Å². The lowest BCUT2D eigenvalue weighted by atomic mass is 10.0. The fraction of sp³-hybridized carbons (Fsp3) is 0.406. The van der Waals surface area contributed by atoms with Gasteiger partial charge in [-0.15, -0.1) is 0 Å². The first-order valence-electron chi connectivity index (χ1n) is 14.3. The molecule has 0 unspecified atom stereocenters. The standard InChI is InChI=1S/C32H42N4O7/c1-4-42-29(38)18-16-25(15-17-28(33)37)34-30(39)27(20-23-11-7-5-8-12-23)35-31(40)26(19-22(2)3)36-32(41)43-21-24-13-9-6-10-14-24/h5-14,16,18,22,25-27H,4,15,17,19-21H2,1-3H3,(H2,33,37)(H,34,39)(H,35,40)(H,36,41)/b18-16+/t25-,26-,27-/m0/s1. The lowest BCUT2D eigenvalue weighted by molar-refractivity contribution is -0.137. The maximum atomic E-state index is 13.5. The van der Waals surface area contributed by atoms with E-state index < -0.39 is 47.9 Å². The first-order valence-corrected chi connectivity index (χ1v) is 14.3. The number of esters is 1. The third kappa shape index (κ3) is 14.2. The molecule has 0 aromatic heterocycles. The van der Waals surface area contributed by atoms with Crippen LogP contribution in [0.1, 0.15) is 51.2 Å². The van der Waals surface area contributed by atoms with Crippen LogP contribution < -0.4 is 21.7 Å². The van der Waals surface area contributed by atoms with Gasteiger partial charge in [0.1, 0.15) is 18.7 Å². The molecule has 0 spiro atoms. The molecule has 4 amide bonds. The van der Waals surface area contributed by atoms with Gasteiger partial charge < -0.3 is 31.2 Å². The summed E-state index contributed by atoms with van der Waals surface area (Å²) in [5.74, 6) is -2.23. The van der Waals surface area contributed by atoms with Crippen molar-refractivity contribution in [2.24, 2.45) is 11.7 Å². The van der Waals surface area contributed by atoms with Crippen LogP contribution in [0.3, 0.4) is 0 Å². The number of hydrogen-bond acceptors (Lipinski definition) is 7. The Morgan fingerprint density at radius 1 is 0.814 bits per heavy atom. The van der Waals surface area contributed by atoms with Crippen molar-refractivity contribution in [3.05, 3.63) is 83.9 Å². The zero-order chi connectivity index (χ0) is 31.6. The fourth-order valence-electron chi connectivity index (χ4n) is 4.12. The second-order valence-corrected chi connectivity index (χ2v) is 10.4. The molecule has 0 aliphatic rings. The number of carbonyl (C=O) groups excluding carboxylic acids is 5. The minimum absolute atomic E-state index is 0.0355. The number of alkyl carbamates (subject to hydrolysis) is 1. The Kier molecular flexibility index (Phi) is 15.0. The normalized spacial score (nSPS) is 13.0. The van der Waals surface area contributed by atoms with Crippen LogP contribution in [0.4, 0.5) is 4.79 Å². The Morgan fingerprint density at radius 2 is 1.42 bits per heavy atom. The van der Waals surface area contributed by atoms with E-state index in [1.54, 1.807) is 6.92 Å². The van der Waals surface area contributed by atoms with Gasteiger partial charge >= 0.3 is 12.1 Å². The summed E-state index contributed by atoms with van der Waals surface area (Å²) >= 11 is 0. The molecule has 0 radical (unpaired) electrons. The van der Waals surface area contributed by atoms with E-state index in [1.807, 2.05) is 74.5 Å². The monoisotopic (exact) mass is 594 g/mol. The van der Waals surface area contributed by atoms with Crippen molar-refractivity contribution in [2.75, 3.05) is 6.61 Å². The van der Waals surface area contributed by atoms with Crippen molar-refractivity contribution in [1.29, 1.82) is 0 Å². The average molecular weight is 595 g/mol. The number of amides is 4. The number of rotatable bonds is 17. The Balaban J connectivity index is 2.20. The summed E-state index contributed by atoms with van der Waals surface area (Å²) in [7, 11) is 0. The Bertz CT molecular complexity index is 1220. The topological polar surface area (TPSA) is 166 Å². The Morgan fingerprint density at radius 3 is 2.00 bits per heavy atom. The zero-order valence-electron chi connectivity index (χ0n) is 24.9. The molecule has 0 saturated carbocycles. The molecule has 2 rings (SSSR count). The highest BCUT2D eigenvalue weighted by Gasteiger charge is 2.29. The minimum Gasteiger partial charge on any atom is -0.463 e. The highest BCUT2D eigenvalue weighted by molar-refractivity contribution is 5.92. The number of nitrogens with one attached hydrogen (secondary N) is 3. The van der Waals surface area contributed by atoms with Crippen LogP contribution in [0.2, 0.25) is 0 Å². The summed E-state index contributed by atoms with van der Waals surface area (Å²) < 4.78 is 10.2. The van der Waals surface area contributed by atoms with E-state index >= 15 is 0 Å². The number of nitrogens with two attached hydrogens (primary N) is 1. The fourth-order valence-corrected chi connectivity index (χ4v) is 4.12. The quantitative estimate of drug-likeness (QED) is 0.161. The molecule has 0 fully saturated rings. The van der Waals surface area contributed by atoms with Crippen LogP contribution >= 0.6 is 0 Å². The van der Waals surface area contributed by atoms with E-state index in [0.29, 0.717) is 6.42 Å². The molecule has 2 aromatic rings. The van der Waals surface area contributed by atoms with E-state index in [2.05, 4.69) is 16.0 Å². The number of hydrogen-bond donors (Lipinski definition) is 4. The Labute approximate surface area is 252 Å². The van der Waals surface area contributed by atoms with Gasteiger partial charge in [0.25, 0.3) is 0 Å². The molecule has 5 N–H and O–H groups in total. The lowest BCUT2D eigenvalue weighted by Gasteiger charge is -2.25. The van der Waals surface area contributed by atoms with Crippen LogP contribution in [0.5, 0.6) is 0 Å². The zero-order valence-corrected chi connectivity index (χ0v) is 24.9. The molecule has 232 valence electrons. The van der Waals surface area contributed by atoms with Crippen molar-refractivity contribution in [1.82, 2.24) is 16.0 Å². The van der Waals surface area contributed by atoms with Crippen molar-refractivity contribution in [3.63, 3.8) is 0 Å². The third-order valence-corrected chi connectivity index (χ3v) is 6.22. The number of benzene rings is 2. The Hall–Kier alpha value is -4.67. The molecule has 3 atom stereocenters. The molecule has 0 aliphatic heterocycles. The van der Waals surface area contributed by atoms with Crippen molar-refractivity contribution in [3.8, 4) is 0 Å². The molecule has 2 aromatic carbocycles. The van der Waals surface area contributed by atoms with Gasteiger partial charge in [-0.05, 0) is 36.8 Å². The molecular weight excluding hydrogens is 552 g/mol. The second-order valence-electron chi connectivity index (χ2n) is 10.4. The van der Waals surface area contributed by atoms with E-state index in [1.165, 1.54) is 12.2 Å².